The van der Waals surface area contributed by atoms with Crippen LogP contribution in [-0.4, -0.2) is 53.4 Å². The van der Waals surface area contributed by atoms with Crippen LogP contribution in [0.3, 0.4) is 0 Å². The quantitative estimate of drug-likeness (QED) is 0.874. The third-order valence-electron chi connectivity index (χ3n) is 4.49. The molecule has 1 aliphatic rings. The highest BCUT2D eigenvalue weighted by atomic mass is 16.2. The molecule has 1 aromatic carbocycles. The number of hydrogen-bond acceptors (Lipinski definition) is 3. The molecule has 0 atom stereocenters. The zero-order valence-electron chi connectivity index (χ0n) is 14.1. The predicted octanol–water partition coefficient (Wildman–Crippen LogP) is 3.10. The van der Waals surface area contributed by atoms with Gasteiger partial charge in [-0.15, -0.1) is 0 Å². The van der Waals surface area contributed by atoms with Crippen LogP contribution >= 0.6 is 0 Å². The van der Waals surface area contributed by atoms with Gasteiger partial charge in [0, 0.05) is 30.7 Å². The second-order valence-corrected chi connectivity index (χ2v) is 6.32. The Morgan fingerprint density at radius 1 is 1.17 bits per heavy atom. The molecule has 1 saturated heterocycles. The van der Waals surface area contributed by atoms with Crippen LogP contribution in [0.4, 0.5) is 0 Å². The average Bonchev–Trinajstić information content (AvgIpc) is 2.79. The van der Waals surface area contributed by atoms with Crippen molar-refractivity contribution in [3.63, 3.8) is 0 Å². The fraction of sp³-hybridized carbons (Fsp3) is 0.474. The van der Waals surface area contributed by atoms with Crippen LogP contribution in [0.2, 0.25) is 0 Å². The minimum Gasteiger partial charge on any atom is -0.337 e. The van der Waals surface area contributed by atoms with E-state index in [2.05, 4.69) is 16.8 Å². The SMILES string of the molecule is CCCN1CCCN(C(=O)c2cc(C)nc3ccccc23)CC1. The summed E-state index contributed by atoms with van der Waals surface area (Å²) in [4.78, 5) is 22.1. The zero-order chi connectivity index (χ0) is 16.2. The lowest BCUT2D eigenvalue weighted by Gasteiger charge is -2.22. The van der Waals surface area contributed by atoms with Crippen LogP contribution in [0, 0.1) is 6.92 Å². The molecule has 0 unspecified atom stereocenters. The molecule has 0 aliphatic carbocycles. The van der Waals surface area contributed by atoms with Gasteiger partial charge in [-0.25, -0.2) is 0 Å². The van der Waals surface area contributed by atoms with E-state index in [-0.39, 0.29) is 5.91 Å². The Balaban J connectivity index is 1.86. The first kappa shape index (κ1) is 15.9. The number of aromatic nitrogens is 1. The van der Waals surface area contributed by atoms with Gasteiger partial charge in [-0.2, -0.15) is 0 Å². The van der Waals surface area contributed by atoms with Crippen LogP contribution in [0.15, 0.2) is 30.3 Å². The van der Waals surface area contributed by atoms with Crippen LogP contribution < -0.4 is 0 Å². The number of hydrogen-bond donors (Lipinski definition) is 0. The van der Waals surface area contributed by atoms with Crippen molar-refractivity contribution < 1.29 is 4.79 Å². The topological polar surface area (TPSA) is 36.4 Å². The summed E-state index contributed by atoms with van der Waals surface area (Å²) in [6, 6.07) is 9.85. The molecular formula is C19H25N3O. The van der Waals surface area contributed by atoms with Gasteiger partial charge in [0.2, 0.25) is 0 Å². The van der Waals surface area contributed by atoms with Crippen LogP contribution in [-0.2, 0) is 0 Å². The largest absolute Gasteiger partial charge is 0.337 e. The molecule has 4 nitrogen and oxygen atoms in total. The van der Waals surface area contributed by atoms with Crippen LogP contribution in [0.5, 0.6) is 0 Å². The molecule has 0 bridgehead atoms. The minimum atomic E-state index is 0.144. The minimum absolute atomic E-state index is 0.144. The van der Waals surface area contributed by atoms with E-state index in [0.29, 0.717) is 0 Å². The molecule has 0 spiro atoms. The maximum Gasteiger partial charge on any atom is 0.254 e. The van der Waals surface area contributed by atoms with Gasteiger partial charge in [-0.3, -0.25) is 9.78 Å². The van der Waals surface area contributed by atoms with Gasteiger partial charge in [0.15, 0.2) is 0 Å². The smallest absolute Gasteiger partial charge is 0.254 e. The maximum atomic E-state index is 13.1. The number of amides is 1. The van der Waals surface area contributed by atoms with Crippen molar-refractivity contribution in [1.82, 2.24) is 14.8 Å². The number of carbonyl (C=O) groups is 1. The standard InChI is InChI=1S/C19H25N3O/c1-3-9-21-10-6-11-22(13-12-21)19(23)17-14-15(2)20-18-8-5-4-7-16(17)18/h4-5,7-8,14H,3,6,9-13H2,1-2H3. The normalized spacial score (nSPS) is 16.5. The van der Waals surface area contributed by atoms with E-state index in [9.17, 15) is 4.79 Å². The second kappa shape index (κ2) is 7.09. The van der Waals surface area contributed by atoms with E-state index in [4.69, 9.17) is 0 Å². The third kappa shape index (κ3) is 3.53. The highest BCUT2D eigenvalue weighted by molar-refractivity contribution is 6.06. The van der Waals surface area contributed by atoms with Gasteiger partial charge in [0.05, 0.1) is 11.1 Å². The lowest BCUT2D eigenvalue weighted by atomic mass is 10.1. The Labute approximate surface area is 138 Å². The highest BCUT2D eigenvalue weighted by Gasteiger charge is 2.21. The van der Waals surface area contributed by atoms with Crippen molar-refractivity contribution in [1.29, 1.82) is 0 Å². The molecular weight excluding hydrogens is 286 g/mol. The highest BCUT2D eigenvalue weighted by Crippen LogP contribution is 2.20. The molecule has 0 N–H and O–H groups in total. The summed E-state index contributed by atoms with van der Waals surface area (Å²) in [5.41, 5.74) is 2.59. The van der Waals surface area contributed by atoms with Gasteiger partial charge < -0.3 is 9.80 Å². The second-order valence-electron chi connectivity index (χ2n) is 6.32. The fourth-order valence-corrected chi connectivity index (χ4v) is 3.37. The van der Waals surface area contributed by atoms with Gasteiger partial charge >= 0.3 is 0 Å². The Bertz CT molecular complexity index is 698. The van der Waals surface area contributed by atoms with Gasteiger partial charge in [0.25, 0.3) is 5.91 Å². The Kier molecular flexibility index (Phi) is 4.91. The lowest BCUT2D eigenvalue weighted by Crippen LogP contribution is -2.35. The molecule has 23 heavy (non-hydrogen) atoms. The van der Waals surface area contributed by atoms with Crippen LogP contribution in [0.1, 0.15) is 35.8 Å². The molecule has 1 aromatic heterocycles. The Hall–Kier alpha value is -1.94. The number of para-hydroxylation sites is 1. The number of fused-ring (bicyclic) bond motifs is 1. The van der Waals surface area contributed by atoms with Crippen molar-refractivity contribution in [3.8, 4) is 0 Å². The molecule has 4 heteroatoms. The van der Waals surface area contributed by atoms with Crippen molar-refractivity contribution in [2.24, 2.45) is 0 Å². The maximum absolute atomic E-state index is 13.1. The first-order valence-corrected chi connectivity index (χ1v) is 8.57. The molecule has 2 aromatic rings. The first-order chi connectivity index (χ1) is 11.2. The lowest BCUT2D eigenvalue weighted by molar-refractivity contribution is 0.0763. The summed E-state index contributed by atoms with van der Waals surface area (Å²) >= 11 is 0. The number of rotatable bonds is 3. The molecule has 2 heterocycles. The Morgan fingerprint density at radius 3 is 2.83 bits per heavy atom. The summed E-state index contributed by atoms with van der Waals surface area (Å²) in [5, 5.41) is 0.956. The first-order valence-electron chi connectivity index (χ1n) is 8.57. The summed E-state index contributed by atoms with van der Waals surface area (Å²) in [6.45, 7) is 9.01. The predicted molar refractivity (Wildman–Crippen MR) is 93.7 cm³/mol. The number of aryl methyl sites for hydroxylation is 1. The monoisotopic (exact) mass is 311 g/mol. The Morgan fingerprint density at radius 2 is 2.00 bits per heavy atom. The molecule has 1 fully saturated rings. The van der Waals surface area contributed by atoms with Gasteiger partial charge in [-0.1, -0.05) is 25.1 Å². The average molecular weight is 311 g/mol. The van der Waals surface area contributed by atoms with E-state index in [1.54, 1.807) is 0 Å². The van der Waals surface area contributed by atoms with E-state index in [1.807, 2.05) is 42.2 Å². The number of benzene rings is 1. The fourth-order valence-electron chi connectivity index (χ4n) is 3.37. The van der Waals surface area contributed by atoms with Gasteiger partial charge in [-0.05, 0) is 45.0 Å². The summed E-state index contributed by atoms with van der Waals surface area (Å²) in [7, 11) is 0. The van der Waals surface area contributed by atoms with Crippen molar-refractivity contribution in [2.45, 2.75) is 26.7 Å². The summed E-state index contributed by atoms with van der Waals surface area (Å²) < 4.78 is 0. The molecule has 0 saturated carbocycles. The van der Waals surface area contributed by atoms with E-state index < -0.39 is 0 Å². The van der Waals surface area contributed by atoms with Crippen molar-refractivity contribution in [3.05, 3.63) is 41.6 Å². The number of nitrogens with zero attached hydrogens (tertiary/aromatic N) is 3. The van der Waals surface area contributed by atoms with Crippen LogP contribution in [0.25, 0.3) is 10.9 Å². The molecule has 1 amide bonds. The van der Waals surface area contributed by atoms with Crippen molar-refractivity contribution >= 4 is 16.8 Å². The van der Waals surface area contributed by atoms with E-state index in [0.717, 1.165) is 61.3 Å². The zero-order valence-corrected chi connectivity index (χ0v) is 14.1. The van der Waals surface area contributed by atoms with Gasteiger partial charge in [0.1, 0.15) is 0 Å². The number of pyridine rings is 1. The third-order valence-corrected chi connectivity index (χ3v) is 4.49. The number of carbonyl (C=O) groups excluding carboxylic acids is 1. The molecule has 1 aliphatic heterocycles. The molecule has 3 rings (SSSR count). The van der Waals surface area contributed by atoms with Crippen molar-refractivity contribution in [2.75, 3.05) is 32.7 Å². The van der Waals surface area contributed by atoms with E-state index >= 15 is 0 Å². The summed E-state index contributed by atoms with van der Waals surface area (Å²) in [6.07, 6.45) is 2.22. The molecule has 0 radical (unpaired) electrons. The molecule has 122 valence electrons. The summed E-state index contributed by atoms with van der Waals surface area (Å²) in [5.74, 6) is 0.144. The van der Waals surface area contributed by atoms with E-state index in [1.165, 1.54) is 6.42 Å².